The lowest BCUT2D eigenvalue weighted by Gasteiger charge is -2.43. The van der Waals surface area contributed by atoms with Gasteiger partial charge in [-0.05, 0) is 31.4 Å². The highest BCUT2D eigenvalue weighted by Crippen LogP contribution is 2.41. The topological polar surface area (TPSA) is 32.3 Å². The lowest BCUT2D eigenvalue weighted by Crippen LogP contribution is -2.47. The molecule has 0 unspecified atom stereocenters. The highest BCUT2D eigenvalue weighted by atomic mass is 31.2. The zero-order valence-electron chi connectivity index (χ0n) is 12.6. The number of nitrogens with zero attached hydrogens (tertiary/aromatic N) is 1. The summed E-state index contributed by atoms with van der Waals surface area (Å²) in [5, 5.41) is 3.10. The van der Waals surface area contributed by atoms with E-state index in [9.17, 15) is 4.57 Å². The minimum absolute atomic E-state index is 0.571. The van der Waals surface area contributed by atoms with Crippen molar-refractivity contribution in [2.75, 3.05) is 39.6 Å². The summed E-state index contributed by atoms with van der Waals surface area (Å²) in [4.78, 5) is 2.36. The van der Waals surface area contributed by atoms with E-state index in [4.69, 9.17) is 0 Å². The molecule has 0 saturated carbocycles. The van der Waals surface area contributed by atoms with E-state index in [0.717, 1.165) is 25.7 Å². The maximum Gasteiger partial charge on any atom is 0.0823 e. The predicted octanol–water partition coefficient (Wildman–Crippen LogP) is 3.12. The Morgan fingerprint density at radius 2 is 2.11 bits per heavy atom. The average Bonchev–Trinajstić information content (AvgIpc) is 2.27. The normalized spacial score (nSPS) is 18.2. The average molecular weight is 282 g/mol. The van der Waals surface area contributed by atoms with Crippen LogP contribution < -0.4 is 5.32 Å². The Kier molecular flexibility index (Phi) is 5.93. The van der Waals surface area contributed by atoms with Crippen LogP contribution >= 0.6 is 7.14 Å². The first-order valence-corrected chi connectivity index (χ1v) is 9.68. The monoisotopic (exact) mass is 282 g/mol. The molecule has 3 nitrogen and oxygen atoms in total. The molecule has 0 aromatic carbocycles. The molecule has 1 rings (SSSR count). The molecule has 0 aromatic heterocycles. The summed E-state index contributed by atoms with van der Waals surface area (Å²) in [6.45, 7) is 11.7. The molecule has 19 heavy (non-hydrogen) atoms. The van der Waals surface area contributed by atoms with E-state index in [1.165, 1.54) is 11.3 Å². The van der Waals surface area contributed by atoms with Gasteiger partial charge in [0.2, 0.25) is 0 Å². The Labute approximate surface area is 117 Å². The molecule has 0 aliphatic carbocycles. The van der Waals surface area contributed by atoms with Gasteiger partial charge < -0.3 is 14.8 Å². The maximum absolute atomic E-state index is 11.8. The SMILES string of the molecule is C=C/C=C(\C(=C\NC)CC)N1CC(CP(C)(C)=O)C1. The van der Waals surface area contributed by atoms with Crippen LogP contribution in [0.15, 0.2) is 36.2 Å². The van der Waals surface area contributed by atoms with Crippen molar-refractivity contribution in [2.24, 2.45) is 5.92 Å². The van der Waals surface area contributed by atoms with Gasteiger partial charge in [-0.3, -0.25) is 0 Å². The number of hydrogen-bond acceptors (Lipinski definition) is 3. The van der Waals surface area contributed by atoms with Crippen LogP contribution in [0.4, 0.5) is 0 Å². The quantitative estimate of drug-likeness (QED) is 0.575. The first kappa shape index (κ1) is 16.1. The zero-order valence-corrected chi connectivity index (χ0v) is 13.5. The minimum atomic E-state index is -1.90. The Balaban J connectivity index is 2.68. The van der Waals surface area contributed by atoms with Gasteiger partial charge in [0.25, 0.3) is 0 Å². The summed E-state index contributed by atoms with van der Waals surface area (Å²) < 4.78 is 11.8. The fourth-order valence-electron chi connectivity index (χ4n) is 2.56. The summed E-state index contributed by atoms with van der Waals surface area (Å²) in [6.07, 6.45) is 7.81. The van der Waals surface area contributed by atoms with Crippen LogP contribution in [0.5, 0.6) is 0 Å². The van der Waals surface area contributed by atoms with Crippen molar-refractivity contribution < 1.29 is 4.57 Å². The van der Waals surface area contributed by atoms with E-state index in [1.807, 2.05) is 32.7 Å². The van der Waals surface area contributed by atoms with Gasteiger partial charge in [-0.15, -0.1) is 0 Å². The van der Waals surface area contributed by atoms with Crippen LogP contribution in [0.1, 0.15) is 13.3 Å². The molecule has 0 radical (unpaired) electrons. The number of rotatable bonds is 7. The standard InChI is InChI=1S/C15H27N2OP/c1-6-8-15(14(7-2)9-16-3)17-10-13(11-17)12-19(4,5)18/h6,8-9,13,16H,1,7,10-12H2,2-5H3/b14-9+,15-8+. The molecule has 1 N–H and O–H groups in total. The fraction of sp³-hybridized carbons (Fsp3) is 0.600. The van der Waals surface area contributed by atoms with Crippen LogP contribution in [0.2, 0.25) is 0 Å². The van der Waals surface area contributed by atoms with E-state index in [0.29, 0.717) is 5.92 Å². The van der Waals surface area contributed by atoms with Crippen molar-refractivity contribution in [3.05, 3.63) is 36.2 Å². The molecule has 0 amide bonds. The van der Waals surface area contributed by atoms with Crippen molar-refractivity contribution in [1.82, 2.24) is 10.2 Å². The van der Waals surface area contributed by atoms with E-state index in [1.54, 1.807) is 0 Å². The molecule has 1 fully saturated rings. The Morgan fingerprint density at radius 3 is 2.53 bits per heavy atom. The number of hydrogen-bond donors (Lipinski definition) is 1. The first-order chi connectivity index (χ1) is 8.91. The molecule has 4 heteroatoms. The van der Waals surface area contributed by atoms with Crippen LogP contribution in [-0.2, 0) is 4.57 Å². The lowest BCUT2D eigenvalue weighted by atomic mass is 9.98. The maximum atomic E-state index is 11.8. The second-order valence-electron chi connectivity index (χ2n) is 5.63. The van der Waals surface area contributed by atoms with Gasteiger partial charge >= 0.3 is 0 Å². The molecule has 1 aliphatic heterocycles. The van der Waals surface area contributed by atoms with Crippen LogP contribution in [0.25, 0.3) is 0 Å². The molecule has 1 aliphatic rings. The number of likely N-dealkylation sites (tertiary alicyclic amines) is 1. The van der Waals surface area contributed by atoms with Crippen LogP contribution in [-0.4, -0.2) is 44.5 Å². The Hall–Kier alpha value is -0.950. The molecule has 0 aromatic rings. The zero-order chi connectivity index (χ0) is 14.5. The van der Waals surface area contributed by atoms with Gasteiger partial charge in [-0.1, -0.05) is 19.6 Å². The van der Waals surface area contributed by atoms with Gasteiger partial charge in [-0.25, -0.2) is 0 Å². The third kappa shape index (κ3) is 4.91. The van der Waals surface area contributed by atoms with Gasteiger partial charge in [0.05, 0.1) is 7.14 Å². The highest BCUT2D eigenvalue weighted by molar-refractivity contribution is 7.62. The fourth-order valence-corrected chi connectivity index (χ4v) is 4.04. The summed E-state index contributed by atoms with van der Waals surface area (Å²) in [5.74, 6) is 0.571. The second kappa shape index (κ2) is 7.00. The number of allylic oxidation sites excluding steroid dienone is 3. The molecular weight excluding hydrogens is 255 g/mol. The highest BCUT2D eigenvalue weighted by Gasteiger charge is 2.31. The minimum Gasteiger partial charge on any atom is -0.394 e. The molecule has 108 valence electrons. The van der Waals surface area contributed by atoms with Crippen molar-refractivity contribution in [3.63, 3.8) is 0 Å². The molecular formula is C15H27N2OP. The lowest BCUT2D eigenvalue weighted by molar-refractivity contribution is 0.162. The van der Waals surface area contributed by atoms with Crippen molar-refractivity contribution in [2.45, 2.75) is 13.3 Å². The molecule has 0 spiro atoms. The van der Waals surface area contributed by atoms with E-state index < -0.39 is 7.14 Å². The largest absolute Gasteiger partial charge is 0.394 e. The van der Waals surface area contributed by atoms with E-state index >= 15 is 0 Å². The summed E-state index contributed by atoms with van der Waals surface area (Å²) in [6, 6.07) is 0. The third-order valence-electron chi connectivity index (χ3n) is 3.30. The van der Waals surface area contributed by atoms with E-state index in [-0.39, 0.29) is 0 Å². The molecule has 1 saturated heterocycles. The predicted molar refractivity (Wildman–Crippen MR) is 85.1 cm³/mol. The number of nitrogens with one attached hydrogen (secondary N) is 1. The summed E-state index contributed by atoms with van der Waals surface area (Å²) in [5.41, 5.74) is 2.53. The summed E-state index contributed by atoms with van der Waals surface area (Å²) >= 11 is 0. The second-order valence-corrected chi connectivity index (χ2v) is 9.14. The van der Waals surface area contributed by atoms with Gasteiger partial charge in [0, 0.05) is 44.1 Å². The molecule has 0 bridgehead atoms. The summed E-state index contributed by atoms with van der Waals surface area (Å²) in [7, 11) is 0.0253. The Morgan fingerprint density at radius 1 is 1.47 bits per heavy atom. The van der Waals surface area contributed by atoms with Crippen LogP contribution in [0.3, 0.4) is 0 Å². The molecule has 1 heterocycles. The first-order valence-electron chi connectivity index (χ1n) is 6.89. The van der Waals surface area contributed by atoms with Crippen molar-refractivity contribution >= 4 is 7.14 Å². The third-order valence-corrected chi connectivity index (χ3v) is 4.70. The Bertz CT molecular complexity index is 414. The van der Waals surface area contributed by atoms with Crippen molar-refractivity contribution in [1.29, 1.82) is 0 Å². The van der Waals surface area contributed by atoms with E-state index in [2.05, 4.69) is 29.8 Å². The van der Waals surface area contributed by atoms with Gasteiger partial charge in [-0.2, -0.15) is 0 Å². The smallest absolute Gasteiger partial charge is 0.0823 e. The van der Waals surface area contributed by atoms with Gasteiger partial charge in [0.1, 0.15) is 0 Å². The van der Waals surface area contributed by atoms with Crippen LogP contribution in [0, 0.1) is 5.92 Å². The van der Waals surface area contributed by atoms with Gasteiger partial charge in [0.15, 0.2) is 0 Å². The van der Waals surface area contributed by atoms with Crippen molar-refractivity contribution in [3.8, 4) is 0 Å². The molecule has 0 atom stereocenters.